The average molecular weight is 249 g/mol. The smallest absolute Gasteiger partial charge is 0.243 e. The van der Waals surface area contributed by atoms with E-state index in [1.165, 1.54) is 12.1 Å². The van der Waals surface area contributed by atoms with Crippen molar-refractivity contribution in [3.8, 4) is 11.4 Å². The Morgan fingerprint density at radius 3 is 2.56 bits per heavy atom. The lowest BCUT2D eigenvalue weighted by molar-refractivity contribution is 0.335. The lowest BCUT2D eigenvalue weighted by atomic mass is 10.0. The van der Waals surface area contributed by atoms with Crippen LogP contribution in [0.2, 0.25) is 0 Å². The highest BCUT2D eigenvalue weighted by atomic mass is 19.1. The molecule has 18 heavy (non-hydrogen) atoms. The normalized spacial score (nSPS) is 12.9. The van der Waals surface area contributed by atoms with E-state index in [4.69, 9.17) is 10.3 Å². The van der Waals surface area contributed by atoms with Crippen LogP contribution in [-0.2, 0) is 0 Å². The summed E-state index contributed by atoms with van der Waals surface area (Å²) in [6, 6.07) is 5.68. The number of rotatable bonds is 4. The molecule has 0 aliphatic carbocycles. The van der Waals surface area contributed by atoms with E-state index in [0.717, 1.165) is 6.42 Å². The lowest BCUT2D eigenvalue weighted by Gasteiger charge is -2.08. The van der Waals surface area contributed by atoms with Gasteiger partial charge in [0.2, 0.25) is 11.7 Å². The van der Waals surface area contributed by atoms with Crippen LogP contribution in [0.4, 0.5) is 4.39 Å². The number of hydrogen-bond donors (Lipinski definition) is 1. The van der Waals surface area contributed by atoms with Gasteiger partial charge in [0.15, 0.2) is 0 Å². The van der Waals surface area contributed by atoms with E-state index in [0.29, 0.717) is 23.2 Å². The molecule has 2 rings (SSSR count). The molecule has 2 N–H and O–H groups in total. The standard InChI is InChI=1S/C13H16FN3O/c1-8(2)7-11(15)13-16-12(17-18-13)9-3-5-10(14)6-4-9/h3-6,8,11H,7,15H2,1-2H3. The molecule has 0 saturated carbocycles. The molecule has 0 aliphatic rings. The zero-order valence-electron chi connectivity index (χ0n) is 10.4. The van der Waals surface area contributed by atoms with Crippen LogP contribution >= 0.6 is 0 Å². The van der Waals surface area contributed by atoms with Crippen LogP contribution in [0.5, 0.6) is 0 Å². The van der Waals surface area contributed by atoms with E-state index in [1.807, 2.05) is 0 Å². The maximum Gasteiger partial charge on any atom is 0.243 e. The summed E-state index contributed by atoms with van der Waals surface area (Å²) in [5.41, 5.74) is 6.67. The molecule has 0 radical (unpaired) electrons. The van der Waals surface area contributed by atoms with Crippen molar-refractivity contribution in [2.24, 2.45) is 11.7 Å². The van der Waals surface area contributed by atoms with E-state index in [2.05, 4.69) is 24.0 Å². The van der Waals surface area contributed by atoms with Crippen LogP contribution in [0.3, 0.4) is 0 Å². The highest BCUT2D eigenvalue weighted by Gasteiger charge is 2.16. The third-order valence-corrected chi connectivity index (χ3v) is 2.59. The van der Waals surface area contributed by atoms with Crippen molar-refractivity contribution >= 4 is 0 Å². The number of hydrogen-bond acceptors (Lipinski definition) is 4. The highest BCUT2D eigenvalue weighted by molar-refractivity contribution is 5.53. The van der Waals surface area contributed by atoms with Crippen molar-refractivity contribution in [3.63, 3.8) is 0 Å². The van der Waals surface area contributed by atoms with Crippen LogP contribution < -0.4 is 5.73 Å². The summed E-state index contributed by atoms with van der Waals surface area (Å²) in [4.78, 5) is 4.24. The first-order valence-corrected chi connectivity index (χ1v) is 5.91. The molecule has 0 fully saturated rings. The molecule has 2 aromatic rings. The zero-order valence-corrected chi connectivity index (χ0v) is 10.4. The second kappa shape index (κ2) is 5.27. The Hall–Kier alpha value is -1.75. The van der Waals surface area contributed by atoms with Crippen molar-refractivity contribution in [1.29, 1.82) is 0 Å². The second-order valence-electron chi connectivity index (χ2n) is 4.70. The Morgan fingerprint density at radius 1 is 1.28 bits per heavy atom. The van der Waals surface area contributed by atoms with E-state index >= 15 is 0 Å². The fourth-order valence-corrected chi connectivity index (χ4v) is 1.71. The second-order valence-corrected chi connectivity index (χ2v) is 4.70. The average Bonchev–Trinajstić information content (AvgIpc) is 2.78. The first kappa shape index (κ1) is 12.7. The molecule has 1 aromatic heterocycles. The molecule has 1 unspecified atom stereocenters. The van der Waals surface area contributed by atoms with Gasteiger partial charge in [0.05, 0.1) is 6.04 Å². The Bertz CT molecular complexity index is 507. The van der Waals surface area contributed by atoms with Crippen molar-refractivity contribution in [2.45, 2.75) is 26.3 Å². The molecular formula is C13H16FN3O. The molecule has 1 atom stereocenters. The van der Waals surface area contributed by atoms with Crippen molar-refractivity contribution in [2.75, 3.05) is 0 Å². The Labute approximate surface area is 105 Å². The van der Waals surface area contributed by atoms with Gasteiger partial charge in [0.25, 0.3) is 0 Å². The van der Waals surface area contributed by atoms with Gasteiger partial charge < -0.3 is 10.3 Å². The molecule has 0 amide bonds. The van der Waals surface area contributed by atoms with Crippen molar-refractivity contribution in [1.82, 2.24) is 10.1 Å². The van der Waals surface area contributed by atoms with Gasteiger partial charge in [-0.1, -0.05) is 19.0 Å². The van der Waals surface area contributed by atoms with Gasteiger partial charge in [-0.25, -0.2) is 4.39 Å². The van der Waals surface area contributed by atoms with Crippen LogP contribution in [-0.4, -0.2) is 10.1 Å². The summed E-state index contributed by atoms with van der Waals surface area (Å²) < 4.78 is 17.9. The third-order valence-electron chi connectivity index (χ3n) is 2.59. The number of halogens is 1. The predicted molar refractivity (Wildman–Crippen MR) is 66.1 cm³/mol. The third kappa shape index (κ3) is 2.92. The van der Waals surface area contributed by atoms with Crippen LogP contribution in [0, 0.1) is 11.7 Å². The maximum atomic E-state index is 12.8. The summed E-state index contributed by atoms with van der Waals surface area (Å²) >= 11 is 0. The fraction of sp³-hybridized carbons (Fsp3) is 0.385. The number of nitrogens with two attached hydrogens (primary N) is 1. The minimum Gasteiger partial charge on any atom is -0.337 e. The molecule has 0 spiro atoms. The highest BCUT2D eigenvalue weighted by Crippen LogP contribution is 2.21. The van der Waals surface area contributed by atoms with E-state index in [9.17, 15) is 4.39 Å². The quantitative estimate of drug-likeness (QED) is 0.904. The van der Waals surface area contributed by atoms with Gasteiger partial charge in [0, 0.05) is 5.56 Å². The first-order valence-electron chi connectivity index (χ1n) is 5.91. The molecule has 4 nitrogen and oxygen atoms in total. The number of benzene rings is 1. The first-order chi connectivity index (χ1) is 8.56. The molecule has 5 heteroatoms. The largest absolute Gasteiger partial charge is 0.337 e. The van der Waals surface area contributed by atoms with E-state index in [-0.39, 0.29) is 11.9 Å². The molecule has 0 bridgehead atoms. The molecule has 0 aliphatic heterocycles. The Balaban J connectivity index is 2.17. The van der Waals surface area contributed by atoms with E-state index < -0.39 is 0 Å². The summed E-state index contributed by atoms with van der Waals surface area (Å²) in [6.07, 6.45) is 0.783. The fourth-order valence-electron chi connectivity index (χ4n) is 1.71. The monoisotopic (exact) mass is 249 g/mol. The van der Waals surface area contributed by atoms with Gasteiger partial charge in [0.1, 0.15) is 5.82 Å². The maximum absolute atomic E-state index is 12.8. The molecular weight excluding hydrogens is 233 g/mol. The summed E-state index contributed by atoms with van der Waals surface area (Å²) in [7, 11) is 0. The predicted octanol–water partition coefficient (Wildman–Crippen LogP) is 2.92. The molecule has 1 heterocycles. The topological polar surface area (TPSA) is 64.9 Å². The minimum absolute atomic E-state index is 0.258. The van der Waals surface area contributed by atoms with Crippen molar-refractivity contribution < 1.29 is 8.91 Å². The van der Waals surface area contributed by atoms with Gasteiger partial charge >= 0.3 is 0 Å². The van der Waals surface area contributed by atoms with Crippen LogP contribution in [0.1, 0.15) is 32.2 Å². The van der Waals surface area contributed by atoms with Gasteiger partial charge in [-0.05, 0) is 36.6 Å². The summed E-state index contributed by atoms with van der Waals surface area (Å²) in [5.74, 6) is 1.02. The SMILES string of the molecule is CC(C)CC(N)c1nc(-c2ccc(F)cc2)no1. The summed E-state index contributed by atoms with van der Waals surface area (Å²) in [5, 5.41) is 3.86. The lowest BCUT2D eigenvalue weighted by Crippen LogP contribution is -2.13. The number of aromatic nitrogens is 2. The zero-order chi connectivity index (χ0) is 13.1. The molecule has 0 saturated heterocycles. The van der Waals surface area contributed by atoms with E-state index in [1.54, 1.807) is 12.1 Å². The van der Waals surface area contributed by atoms with Gasteiger partial charge in [-0.2, -0.15) is 4.98 Å². The molecule has 96 valence electrons. The molecule has 1 aromatic carbocycles. The summed E-state index contributed by atoms with van der Waals surface area (Å²) in [6.45, 7) is 4.16. The van der Waals surface area contributed by atoms with Gasteiger partial charge in [-0.15, -0.1) is 0 Å². The van der Waals surface area contributed by atoms with Crippen molar-refractivity contribution in [3.05, 3.63) is 36.0 Å². The minimum atomic E-state index is -0.293. The van der Waals surface area contributed by atoms with Crippen LogP contribution in [0.15, 0.2) is 28.8 Å². The number of nitrogens with zero attached hydrogens (tertiary/aromatic N) is 2. The van der Waals surface area contributed by atoms with Crippen LogP contribution in [0.25, 0.3) is 11.4 Å². The Kier molecular flexibility index (Phi) is 3.72. The Morgan fingerprint density at radius 2 is 1.94 bits per heavy atom. The van der Waals surface area contributed by atoms with Gasteiger partial charge in [-0.3, -0.25) is 0 Å².